The summed E-state index contributed by atoms with van der Waals surface area (Å²) in [5.74, 6) is -0.387. The molecule has 6 heteroatoms. The maximum atomic E-state index is 9.69. The second-order valence-electron chi connectivity index (χ2n) is 6.48. The topological polar surface area (TPSA) is 101 Å². The van der Waals surface area contributed by atoms with Crippen LogP contribution in [0.1, 0.15) is 25.3 Å². The number of H-pyrrole nitrogens is 1. The Morgan fingerprint density at radius 3 is 2.41 bits per heavy atom. The highest BCUT2D eigenvalue weighted by Gasteiger charge is 2.29. The van der Waals surface area contributed by atoms with Crippen LogP contribution in [0.25, 0.3) is 22.2 Å². The molecule has 1 aliphatic heterocycles. The van der Waals surface area contributed by atoms with Crippen LogP contribution in [-0.2, 0) is 0 Å². The van der Waals surface area contributed by atoms with Gasteiger partial charge in [0.2, 0.25) is 0 Å². The molecule has 1 aromatic carbocycles. The summed E-state index contributed by atoms with van der Waals surface area (Å²) in [7, 11) is 0. The number of pyridine rings is 1. The van der Waals surface area contributed by atoms with E-state index in [1.54, 1.807) is 12.4 Å². The zero-order chi connectivity index (χ0) is 19.0. The second-order valence-corrected chi connectivity index (χ2v) is 6.48. The Morgan fingerprint density at radius 1 is 1.04 bits per heavy atom. The highest BCUT2D eigenvalue weighted by Crippen LogP contribution is 2.39. The van der Waals surface area contributed by atoms with E-state index in [9.17, 15) is 10.5 Å². The number of nitriles is 2. The van der Waals surface area contributed by atoms with Crippen molar-refractivity contribution in [3.63, 3.8) is 0 Å². The minimum absolute atomic E-state index is 0.387. The van der Waals surface area contributed by atoms with Gasteiger partial charge in [0.25, 0.3) is 0 Å². The van der Waals surface area contributed by atoms with E-state index in [1.807, 2.05) is 44.2 Å². The van der Waals surface area contributed by atoms with Crippen LogP contribution in [0, 0.1) is 22.7 Å². The lowest BCUT2D eigenvalue weighted by Crippen LogP contribution is -2.23. The number of nitrogens with zero attached hydrogens (tertiary/aromatic N) is 4. The Balaban J connectivity index is 1.93. The van der Waals surface area contributed by atoms with Crippen LogP contribution in [0.4, 0.5) is 0 Å². The molecule has 0 fully saturated rings. The molecular weight excluding hydrogens is 336 g/mol. The van der Waals surface area contributed by atoms with Crippen molar-refractivity contribution in [1.29, 1.82) is 10.5 Å². The van der Waals surface area contributed by atoms with Gasteiger partial charge in [-0.3, -0.25) is 10.1 Å². The second kappa shape index (κ2) is 6.44. The van der Waals surface area contributed by atoms with Crippen LogP contribution in [-0.4, -0.2) is 15.2 Å². The Kier molecular flexibility index (Phi) is 3.95. The minimum Gasteiger partial charge on any atom is -0.361 e. The summed E-state index contributed by atoms with van der Waals surface area (Å²) >= 11 is 0. The molecule has 0 unspecified atom stereocenters. The lowest BCUT2D eigenvalue weighted by molar-refractivity contribution is 0.815. The first-order valence-corrected chi connectivity index (χ1v) is 8.51. The van der Waals surface area contributed by atoms with E-state index in [-0.39, 0.29) is 5.92 Å². The third kappa shape index (κ3) is 2.65. The number of aromatic nitrogens is 3. The van der Waals surface area contributed by atoms with Crippen molar-refractivity contribution in [3.8, 4) is 23.4 Å². The van der Waals surface area contributed by atoms with Gasteiger partial charge in [0.15, 0.2) is 0 Å². The van der Waals surface area contributed by atoms with Crippen molar-refractivity contribution in [2.75, 3.05) is 0 Å². The SMILES string of the molecule is CC1=C(C#N)C(c2ccc3[nH]nc(-c4cccnc4)c3c2)C(C#N)=C(C)N1. The van der Waals surface area contributed by atoms with E-state index in [0.717, 1.165) is 39.1 Å². The van der Waals surface area contributed by atoms with Gasteiger partial charge >= 0.3 is 0 Å². The van der Waals surface area contributed by atoms with Gasteiger partial charge in [-0.1, -0.05) is 6.07 Å². The normalized spacial score (nSPS) is 14.8. The van der Waals surface area contributed by atoms with Crippen LogP contribution >= 0.6 is 0 Å². The van der Waals surface area contributed by atoms with Crippen molar-refractivity contribution < 1.29 is 0 Å². The molecule has 27 heavy (non-hydrogen) atoms. The number of dihydropyridines is 1. The smallest absolute Gasteiger partial charge is 0.101 e. The van der Waals surface area contributed by atoms with Gasteiger partial charge in [-0.15, -0.1) is 0 Å². The van der Waals surface area contributed by atoms with E-state index in [0.29, 0.717) is 11.1 Å². The summed E-state index contributed by atoms with van der Waals surface area (Å²) in [5.41, 5.74) is 6.16. The summed E-state index contributed by atoms with van der Waals surface area (Å²) in [6, 6.07) is 14.3. The molecule has 1 aliphatic rings. The number of benzene rings is 1. The molecule has 0 radical (unpaired) electrons. The summed E-state index contributed by atoms with van der Waals surface area (Å²) in [6.45, 7) is 3.72. The predicted octanol–water partition coefficient (Wildman–Crippen LogP) is 3.91. The van der Waals surface area contributed by atoms with E-state index in [4.69, 9.17) is 0 Å². The first-order chi connectivity index (χ1) is 13.1. The van der Waals surface area contributed by atoms with Crippen molar-refractivity contribution in [2.24, 2.45) is 0 Å². The van der Waals surface area contributed by atoms with Crippen LogP contribution in [0.2, 0.25) is 0 Å². The molecule has 2 aromatic heterocycles. The van der Waals surface area contributed by atoms with E-state index in [2.05, 4.69) is 32.6 Å². The first-order valence-electron chi connectivity index (χ1n) is 8.51. The third-order valence-electron chi connectivity index (χ3n) is 4.86. The van der Waals surface area contributed by atoms with Gasteiger partial charge in [0.1, 0.15) is 5.69 Å². The molecule has 3 aromatic rings. The Labute approximate surface area is 156 Å². The average molecular weight is 352 g/mol. The number of fused-ring (bicyclic) bond motifs is 1. The largest absolute Gasteiger partial charge is 0.361 e. The van der Waals surface area contributed by atoms with Crippen molar-refractivity contribution in [1.82, 2.24) is 20.5 Å². The molecule has 0 aliphatic carbocycles. The highest BCUT2D eigenvalue weighted by molar-refractivity contribution is 5.93. The molecule has 0 bridgehead atoms. The molecule has 0 atom stereocenters. The molecule has 3 heterocycles. The fraction of sp³-hybridized carbons (Fsp3) is 0.143. The molecular formula is C21H16N6. The summed E-state index contributed by atoms with van der Waals surface area (Å²) in [4.78, 5) is 4.17. The minimum atomic E-state index is -0.387. The molecule has 0 spiro atoms. The zero-order valence-electron chi connectivity index (χ0n) is 14.9. The standard InChI is InChI=1S/C21H16N6/c1-12-17(9-22)20(18(10-23)13(2)25-12)14-5-6-19-16(8-14)21(27-26-19)15-4-3-7-24-11-15/h3-8,11,20,25H,1-2H3,(H,26,27). The average Bonchev–Trinajstić information content (AvgIpc) is 3.11. The van der Waals surface area contributed by atoms with Crippen molar-refractivity contribution in [2.45, 2.75) is 19.8 Å². The number of nitrogens with one attached hydrogen (secondary N) is 2. The van der Waals surface area contributed by atoms with Crippen LogP contribution < -0.4 is 5.32 Å². The van der Waals surface area contributed by atoms with Gasteiger partial charge in [0.05, 0.1) is 34.7 Å². The van der Waals surface area contributed by atoms with Gasteiger partial charge in [0, 0.05) is 34.7 Å². The van der Waals surface area contributed by atoms with E-state index >= 15 is 0 Å². The molecule has 6 nitrogen and oxygen atoms in total. The predicted molar refractivity (Wildman–Crippen MR) is 102 cm³/mol. The molecule has 2 N–H and O–H groups in total. The van der Waals surface area contributed by atoms with Gasteiger partial charge in [-0.25, -0.2) is 0 Å². The summed E-state index contributed by atoms with van der Waals surface area (Å²) < 4.78 is 0. The number of rotatable bonds is 2. The Hall–Kier alpha value is -3.90. The Bertz CT molecular complexity index is 1150. The number of allylic oxidation sites excluding steroid dienone is 4. The lowest BCUT2D eigenvalue weighted by Gasteiger charge is -2.26. The highest BCUT2D eigenvalue weighted by atomic mass is 15.1. The maximum Gasteiger partial charge on any atom is 0.101 e. The lowest BCUT2D eigenvalue weighted by atomic mass is 9.81. The first kappa shape index (κ1) is 16.6. The number of aromatic amines is 1. The fourth-order valence-corrected chi connectivity index (χ4v) is 3.56. The maximum absolute atomic E-state index is 9.69. The van der Waals surface area contributed by atoms with E-state index < -0.39 is 0 Å². The summed E-state index contributed by atoms with van der Waals surface area (Å²) in [6.07, 6.45) is 3.49. The molecule has 0 saturated carbocycles. The van der Waals surface area contributed by atoms with Crippen LogP contribution in [0.3, 0.4) is 0 Å². The molecule has 0 amide bonds. The van der Waals surface area contributed by atoms with Crippen molar-refractivity contribution in [3.05, 3.63) is 70.8 Å². The van der Waals surface area contributed by atoms with Crippen molar-refractivity contribution >= 4 is 10.9 Å². The van der Waals surface area contributed by atoms with Gasteiger partial charge in [-0.05, 0) is 43.7 Å². The monoisotopic (exact) mass is 352 g/mol. The number of hydrogen-bond acceptors (Lipinski definition) is 5. The molecule has 0 saturated heterocycles. The number of hydrogen-bond donors (Lipinski definition) is 2. The third-order valence-corrected chi connectivity index (χ3v) is 4.86. The molecule has 4 rings (SSSR count). The summed E-state index contributed by atoms with van der Waals surface area (Å²) in [5, 5.41) is 30.9. The Morgan fingerprint density at radius 2 is 1.78 bits per heavy atom. The fourth-order valence-electron chi connectivity index (χ4n) is 3.56. The molecule has 130 valence electrons. The van der Waals surface area contributed by atoms with Crippen LogP contribution in [0.5, 0.6) is 0 Å². The van der Waals surface area contributed by atoms with Crippen LogP contribution in [0.15, 0.2) is 65.3 Å². The van der Waals surface area contributed by atoms with E-state index in [1.165, 1.54) is 0 Å². The van der Waals surface area contributed by atoms with Gasteiger partial charge < -0.3 is 5.32 Å². The quantitative estimate of drug-likeness (QED) is 0.728. The van der Waals surface area contributed by atoms with Gasteiger partial charge in [-0.2, -0.15) is 15.6 Å². The zero-order valence-corrected chi connectivity index (χ0v) is 14.9.